The number of fused-ring (bicyclic) bond motifs is 3. The summed E-state index contributed by atoms with van der Waals surface area (Å²) < 4.78 is 0. The average Bonchev–Trinajstić information content (AvgIpc) is 2.96. The second kappa shape index (κ2) is 11.5. The SMILES string of the molecule is CN(C)c1c(Cl)c(NC(=O)C(Br)c2ccccc2)c(O)c2c1CC1CC3[C@H](N(C)C)C(O)=C(C(N)=O)C(=O)[C@@]3(O)C(O)=C1C2=O. The van der Waals surface area contributed by atoms with Crippen molar-refractivity contribution in [3.63, 3.8) is 0 Å². The molecule has 0 spiro atoms. The number of hydrogen-bond acceptors (Lipinski definition) is 10. The third-order valence-corrected chi connectivity index (χ3v) is 10.1. The number of likely N-dealkylation sites (N-methyl/N-ethyl adjacent to an activating group) is 1. The second-order valence-corrected chi connectivity index (χ2v) is 13.2. The number of carbonyl (C=O) groups is 4. The molecule has 0 aliphatic heterocycles. The smallest absolute Gasteiger partial charge is 0.255 e. The predicted molar refractivity (Wildman–Crippen MR) is 170 cm³/mol. The number of nitrogens with zero attached hydrogens (tertiary/aromatic N) is 2. The van der Waals surface area contributed by atoms with Crippen molar-refractivity contribution in [3.8, 4) is 5.75 Å². The van der Waals surface area contributed by atoms with E-state index in [1.807, 2.05) is 0 Å². The molecule has 0 heterocycles. The Morgan fingerprint density at radius 1 is 1.11 bits per heavy atom. The first-order valence-electron chi connectivity index (χ1n) is 13.9. The Kier molecular flexibility index (Phi) is 8.28. The van der Waals surface area contributed by atoms with Gasteiger partial charge in [0.1, 0.15) is 27.6 Å². The van der Waals surface area contributed by atoms with Gasteiger partial charge < -0.3 is 36.4 Å². The monoisotopic (exact) mass is 702 g/mol. The Hall–Kier alpha value is -3.91. The van der Waals surface area contributed by atoms with E-state index in [9.17, 15) is 39.6 Å². The van der Waals surface area contributed by atoms with E-state index in [0.29, 0.717) is 16.8 Å². The van der Waals surface area contributed by atoms with Gasteiger partial charge in [-0.05, 0) is 44.0 Å². The molecule has 3 aliphatic carbocycles. The predicted octanol–water partition coefficient (Wildman–Crippen LogP) is 2.91. The number of rotatable bonds is 6. The van der Waals surface area contributed by atoms with Crippen LogP contribution >= 0.6 is 27.5 Å². The Bertz CT molecular complexity index is 1720. The van der Waals surface area contributed by atoms with E-state index >= 15 is 0 Å². The summed E-state index contributed by atoms with van der Waals surface area (Å²) in [6, 6.07) is 7.64. The van der Waals surface area contributed by atoms with Crippen molar-refractivity contribution in [2.45, 2.75) is 29.3 Å². The molecule has 0 saturated heterocycles. The third kappa shape index (κ3) is 4.80. The lowest BCUT2D eigenvalue weighted by molar-refractivity contribution is -0.148. The fourth-order valence-corrected chi connectivity index (χ4v) is 7.71. The molecule has 2 aromatic carbocycles. The van der Waals surface area contributed by atoms with Gasteiger partial charge in [0.2, 0.25) is 11.7 Å². The lowest BCUT2D eigenvalue weighted by Gasteiger charge is -2.50. The molecule has 14 heteroatoms. The number of nitrogens with one attached hydrogen (secondary N) is 1. The highest BCUT2D eigenvalue weighted by molar-refractivity contribution is 9.09. The van der Waals surface area contributed by atoms with Gasteiger partial charge in [0, 0.05) is 25.6 Å². The zero-order valence-corrected chi connectivity index (χ0v) is 27.1. The number of hydrogen-bond donors (Lipinski definition) is 6. The van der Waals surface area contributed by atoms with Gasteiger partial charge in [-0.2, -0.15) is 0 Å². The van der Waals surface area contributed by atoms with Crippen LogP contribution in [0.15, 0.2) is 53.0 Å². The number of aliphatic hydroxyl groups excluding tert-OH is 2. The highest BCUT2D eigenvalue weighted by Gasteiger charge is 2.63. The molecule has 2 aromatic rings. The summed E-state index contributed by atoms with van der Waals surface area (Å²) in [6.07, 6.45) is -0.0352. The summed E-state index contributed by atoms with van der Waals surface area (Å²) in [5.74, 6) is -8.36. The van der Waals surface area contributed by atoms with Gasteiger partial charge in [-0.25, -0.2) is 0 Å². The Morgan fingerprint density at radius 2 is 1.73 bits per heavy atom. The molecule has 7 N–H and O–H groups in total. The van der Waals surface area contributed by atoms with E-state index in [4.69, 9.17) is 17.3 Å². The number of alkyl halides is 1. The van der Waals surface area contributed by atoms with Gasteiger partial charge in [-0.15, -0.1) is 0 Å². The summed E-state index contributed by atoms with van der Waals surface area (Å²) in [4.78, 5) is 55.5. The van der Waals surface area contributed by atoms with Crippen LogP contribution in [0.5, 0.6) is 5.75 Å². The minimum atomic E-state index is -2.77. The molecule has 0 aromatic heterocycles. The summed E-state index contributed by atoms with van der Waals surface area (Å²) in [5, 5.41) is 48.4. The van der Waals surface area contributed by atoms with Crippen molar-refractivity contribution >= 4 is 62.3 Å². The van der Waals surface area contributed by atoms with Crippen LogP contribution < -0.4 is 16.0 Å². The number of aromatic hydroxyl groups is 1. The van der Waals surface area contributed by atoms with Crippen molar-refractivity contribution in [2.75, 3.05) is 38.4 Å². The maximum Gasteiger partial charge on any atom is 0.255 e. The normalized spacial score (nSPS) is 25.0. The lowest BCUT2D eigenvalue weighted by Crippen LogP contribution is -2.63. The number of carbonyl (C=O) groups excluding carboxylic acids is 4. The number of phenols is 1. The summed E-state index contributed by atoms with van der Waals surface area (Å²) in [7, 11) is 6.45. The molecule has 5 rings (SSSR count). The number of nitrogens with two attached hydrogens (primary N) is 1. The van der Waals surface area contributed by atoms with Crippen molar-refractivity contribution in [3.05, 3.63) is 74.7 Å². The molecule has 0 bridgehead atoms. The zero-order valence-electron chi connectivity index (χ0n) is 24.8. The first-order chi connectivity index (χ1) is 21.0. The van der Waals surface area contributed by atoms with Crippen molar-refractivity contribution in [1.29, 1.82) is 0 Å². The maximum atomic E-state index is 14.2. The first kappa shape index (κ1) is 32.5. The number of amides is 2. The number of allylic oxidation sites excluding steroid dienone is 1. The van der Waals surface area contributed by atoms with E-state index < -0.39 is 74.5 Å². The van der Waals surface area contributed by atoms with Gasteiger partial charge in [0.05, 0.1) is 22.3 Å². The van der Waals surface area contributed by atoms with Crippen LogP contribution in [0.3, 0.4) is 0 Å². The van der Waals surface area contributed by atoms with Crippen molar-refractivity contribution in [2.24, 2.45) is 17.6 Å². The Labute approximate surface area is 271 Å². The first-order valence-corrected chi connectivity index (χ1v) is 15.2. The van der Waals surface area contributed by atoms with Gasteiger partial charge in [0.25, 0.3) is 5.91 Å². The molecule has 2 amide bonds. The molecule has 0 saturated carbocycles. The van der Waals surface area contributed by atoms with E-state index in [-0.39, 0.29) is 34.7 Å². The molecule has 238 valence electrons. The van der Waals surface area contributed by atoms with Gasteiger partial charge in [0.15, 0.2) is 17.1 Å². The zero-order chi connectivity index (χ0) is 33.3. The fourth-order valence-electron chi connectivity index (χ4n) is 6.87. The summed E-state index contributed by atoms with van der Waals surface area (Å²) >= 11 is 10.1. The summed E-state index contributed by atoms with van der Waals surface area (Å²) in [5.41, 5.74) is 2.19. The number of aliphatic hydroxyl groups is 3. The highest BCUT2D eigenvalue weighted by atomic mass is 79.9. The van der Waals surface area contributed by atoms with Gasteiger partial charge in [-0.1, -0.05) is 57.9 Å². The second-order valence-electron chi connectivity index (χ2n) is 11.9. The van der Waals surface area contributed by atoms with Crippen LogP contribution in [0, 0.1) is 11.8 Å². The van der Waals surface area contributed by atoms with Crippen LogP contribution in [0.4, 0.5) is 11.4 Å². The van der Waals surface area contributed by atoms with Crippen LogP contribution in [0.2, 0.25) is 5.02 Å². The van der Waals surface area contributed by atoms with Crippen LogP contribution in [0.25, 0.3) is 0 Å². The van der Waals surface area contributed by atoms with Crippen LogP contribution in [0.1, 0.15) is 32.7 Å². The standard InChI is InChI=1S/C31H32BrClN4O8/c1-36(2)22-14-10-13-11-15-23(37(3)4)26(40)18(29(34)43)28(42)31(15,45)27(41)16(13)24(38)17(14)25(39)21(20(22)33)35-30(44)19(32)12-8-6-5-7-9-12/h5-9,13,15,19,23,39-41,45H,10-11H2,1-4H3,(H2,34,43)(H,35,44)/t13?,15?,19?,23-,31-/m0/s1. The quantitative estimate of drug-likeness (QED) is 0.148. The largest absolute Gasteiger partial charge is 0.510 e. The molecule has 3 unspecified atom stereocenters. The number of benzene rings is 2. The third-order valence-electron chi connectivity index (χ3n) is 8.82. The minimum Gasteiger partial charge on any atom is -0.510 e. The van der Waals surface area contributed by atoms with Crippen molar-refractivity contribution < 1.29 is 39.6 Å². The molecule has 5 atom stereocenters. The molecule has 0 radical (unpaired) electrons. The highest BCUT2D eigenvalue weighted by Crippen LogP contribution is 2.55. The molecule has 12 nitrogen and oxygen atoms in total. The van der Waals surface area contributed by atoms with Crippen molar-refractivity contribution in [1.82, 2.24) is 4.90 Å². The van der Waals surface area contributed by atoms with Crippen LogP contribution in [-0.2, 0) is 20.8 Å². The van der Waals surface area contributed by atoms with E-state index in [0.717, 1.165) is 0 Å². The fraction of sp³-hybridized carbons (Fsp3) is 0.355. The number of primary amides is 1. The van der Waals surface area contributed by atoms with E-state index in [2.05, 4.69) is 21.2 Å². The topological polar surface area (TPSA) is 194 Å². The molecule has 0 fully saturated rings. The maximum absolute atomic E-state index is 14.2. The van der Waals surface area contributed by atoms with E-state index in [1.165, 1.54) is 4.90 Å². The van der Waals surface area contributed by atoms with Crippen LogP contribution in [-0.4, -0.2) is 88.5 Å². The summed E-state index contributed by atoms with van der Waals surface area (Å²) in [6.45, 7) is 0. The average molecular weight is 704 g/mol. The molecular formula is C31H32BrClN4O8. The molecular weight excluding hydrogens is 672 g/mol. The number of Topliss-reactive ketones (excluding diaryl/α,β-unsaturated/α-hetero) is 2. The van der Waals surface area contributed by atoms with Gasteiger partial charge in [-0.3, -0.25) is 24.1 Å². The minimum absolute atomic E-state index is 0.0279. The Balaban J connectivity index is 1.68. The molecule has 3 aliphatic rings. The van der Waals surface area contributed by atoms with E-state index in [1.54, 1.807) is 63.4 Å². The molecule has 45 heavy (non-hydrogen) atoms. The number of phenolic OH excluding ortho intramolecular Hbond substituents is 1. The Morgan fingerprint density at radius 3 is 2.29 bits per heavy atom. The number of ketones is 2. The lowest BCUT2D eigenvalue weighted by atomic mass is 9.58. The number of anilines is 2. The van der Waals surface area contributed by atoms with Gasteiger partial charge >= 0.3 is 0 Å². The number of halogens is 2.